The summed E-state index contributed by atoms with van der Waals surface area (Å²) in [6.45, 7) is 3.04. The summed E-state index contributed by atoms with van der Waals surface area (Å²) >= 11 is 0. The van der Waals surface area contributed by atoms with Gasteiger partial charge in [-0.05, 0) is 12.1 Å². The average molecular weight is 182 g/mol. The molecule has 1 aromatic rings. The molecule has 13 heavy (non-hydrogen) atoms. The maximum absolute atomic E-state index is 10.1. The van der Waals surface area contributed by atoms with E-state index >= 15 is 0 Å². The van der Waals surface area contributed by atoms with Crippen LogP contribution in [0.5, 0.6) is 0 Å². The van der Waals surface area contributed by atoms with Crippen molar-refractivity contribution in [2.45, 2.75) is 18.9 Å². The smallest absolute Gasteiger partial charge is 0.106 e. The lowest BCUT2D eigenvalue weighted by Crippen LogP contribution is -2.37. The molecule has 0 saturated carbocycles. The third kappa shape index (κ3) is 1.62. The lowest BCUT2D eigenvalue weighted by atomic mass is 9.88. The molecule has 1 aliphatic heterocycles. The van der Waals surface area contributed by atoms with E-state index in [9.17, 15) is 5.11 Å². The van der Waals surface area contributed by atoms with Gasteiger partial charge in [-0.25, -0.2) is 0 Å². The van der Waals surface area contributed by atoms with Gasteiger partial charge in [0, 0.05) is 12.3 Å². The Bertz CT molecular complexity index is 268. The van der Waals surface area contributed by atoms with Crippen molar-refractivity contribution < 1.29 is 14.3 Å². The number of hydrogen-bond acceptors (Lipinski definition) is 3. The minimum Gasteiger partial charge on any atom is -0.469 e. The van der Waals surface area contributed by atoms with Crippen LogP contribution in [-0.2, 0) is 11.2 Å². The first-order valence-corrected chi connectivity index (χ1v) is 4.53. The molecule has 0 bridgehead atoms. The quantitative estimate of drug-likeness (QED) is 0.747. The van der Waals surface area contributed by atoms with E-state index in [1.165, 1.54) is 0 Å². The highest BCUT2D eigenvalue weighted by Gasteiger charge is 2.40. The zero-order chi connectivity index (χ0) is 9.31. The molecule has 2 atom stereocenters. The van der Waals surface area contributed by atoms with Crippen molar-refractivity contribution in [3.05, 3.63) is 24.2 Å². The monoisotopic (exact) mass is 182 g/mol. The second-order valence-corrected chi connectivity index (χ2v) is 3.78. The summed E-state index contributed by atoms with van der Waals surface area (Å²) in [4.78, 5) is 0. The molecule has 0 amide bonds. The minimum absolute atomic E-state index is 0.178. The van der Waals surface area contributed by atoms with Crippen molar-refractivity contribution in [3.8, 4) is 0 Å². The summed E-state index contributed by atoms with van der Waals surface area (Å²) in [6, 6.07) is 3.71. The molecular weight excluding hydrogens is 168 g/mol. The van der Waals surface area contributed by atoms with Crippen molar-refractivity contribution in [2.75, 3.05) is 13.2 Å². The topological polar surface area (TPSA) is 42.6 Å². The molecule has 0 spiro atoms. The van der Waals surface area contributed by atoms with Crippen LogP contribution in [0, 0.1) is 5.92 Å². The molecule has 1 aromatic heterocycles. The Morgan fingerprint density at radius 2 is 2.54 bits per heavy atom. The van der Waals surface area contributed by atoms with E-state index in [1.807, 2.05) is 19.1 Å². The largest absolute Gasteiger partial charge is 0.469 e. The molecule has 0 radical (unpaired) electrons. The van der Waals surface area contributed by atoms with E-state index < -0.39 is 5.60 Å². The molecular formula is C10H14O3. The molecule has 3 heteroatoms. The number of hydrogen-bond donors (Lipinski definition) is 1. The van der Waals surface area contributed by atoms with Gasteiger partial charge in [-0.3, -0.25) is 0 Å². The summed E-state index contributed by atoms with van der Waals surface area (Å²) in [5, 5.41) is 10.1. The first-order chi connectivity index (χ1) is 6.21. The van der Waals surface area contributed by atoms with Crippen LogP contribution >= 0.6 is 0 Å². The van der Waals surface area contributed by atoms with Gasteiger partial charge in [-0.15, -0.1) is 0 Å². The van der Waals surface area contributed by atoms with Crippen molar-refractivity contribution in [1.82, 2.24) is 0 Å². The molecule has 0 aromatic carbocycles. The second kappa shape index (κ2) is 3.16. The van der Waals surface area contributed by atoms with Crippen LogP contribution in [0.1, 0.15) is 12.7 Å². The number of rotatable bonds is 2. The standard InChI is InChI=1S/C10H14O3/c1-8-6-12-7-10(8,11)5-9-3-2-4-13-9/h2-4,8,11H,5-7H2,1H3. The highest BCUT2D eigenvalue weighted by atomic mass is 16.5. The van der Waals surface area contributed by atoms with Crippen LogP contribution in [0.15, 0.2) is 22.8 Å². The highest BCUT2D eigenvalue weighted by Crippen LogP contribution is 2.28. The van der Waals surface area contributed by atoms with Gasteiger partial charge in [0.05, 0.1) is 25.1 Å². The third-order valence-electron chi connectivity index (χ3n) is 2.70. The number of furan rings is 1. The summed E-state index contributed by atoms with van der Waals surface area (Å²) < 4.78 is 10.4. The fraction of sp³-hybridized carbons (Fsp3) is 0.600. The molecule has 3 nitrogen and oxygen atoms in total. The summed E-state index contributed by atoms with van der Waals surface area (Å²) in [5.41, 5.74) is -0.738. The first-order valence-electron chi connectivity index (χ1n) is 4.53. The van der Waals surface area contributed by atoms with Gasteiger partial charge in [0.1, 0.15) is 5.76 Å². The maximum Gasteiger partial charge on any atom is 0.106 e. The van der Waals surface area contributed by atoms with Crippen LogP contribution in [0.4, 0.5) is 0 Å². The van der Waals surface area contributed by atoms with Crippen molar-refractivity contribution >= 4 is 0 Å². The Hall–Kier alpha value is -0.800. The predicted molar refractivity (Wildman–Crippen MR) is 47.3 cm³/mol. The van der Waals surface area contributed by atoms with Crippen LogP contribution in [0.2, 0.25) is 0 Å². The predicted octanol–water partition coefficient (Wildman–Crippen LogP) is 1.22. The molecule has 1 N–H and O–H groups in total. The molecule has 2 rings (SSSR count). The fourth-order valence-corrected chi connectivity index (χ4v) is 1.65. The molecule has 1 aliphatic rings. The van der Waals surface area contributed by atoms with E-state index in [-0.39, 0.29) is 5.92 Å². The second-order valence-electron chi connectivity index (χ2n) is 3.78. The highest BCUT2D eigenvalue weighted by molar-refractivity contribution is 5.05. The third-order valence-corrected chi connectivity index (χ3v) is 2.70. The maximum atomic E-state index is 10.1. The van der Waals surface area contributed by atoms with Gasteiger partial charge in [-0.1, -0.05) is 6.92 Å². The Morgan fingerprint density at radius 1 is 1.69 bits per heavy atom. The van der Waals surface area contributed by atoms with Gasteiger partial charge >= 0.3 is 0 Å². The Balaban J connectivity index is 2.08. The number of aliphatic hydroxyl groups is 1. The van der Waals surface area contributed by atoms with E-state index in [1.54, 1.807) is 6.26 Å². The first kappa shape index (κ1) is 8.78. The van der Waals surface area contributed by atoms with Crippen molar-refractivity contribution in [3.63, 3.8) is 0 Å². The molecule has 2 heterocycles. The summed E-state index contributed by atoms with van der Waals surface area (Å²) in [6.07, 6.45) is 2.17. The molecule has 0 aliphatic carbocycles. The van der Waals surface area contributed by atoms with E-state index in [4.69, 9.17) is 9.15 Å². The van der Waals surface area contributed by atoms with E-state index in [0.717, 1.165) is 5.76 Å². The zero-order valence-corrected chi connectivity index (χ0v) is 7.69. The summed E-state index contributed by atoms with van der Waals surface area (Å²) in [7, 11) is 0. The Kier molecular flexibility index (Phi) is 2.14. The van der Waals surface area contributed by atoms with Crippen molar-refractivity contribution in [1.29, 1.82) is 0 Å². The fourth-order valence-electron chi connectivity index (χ4n) is 1.65. The lowest BCUT2D eigenvalue weighted by Gasteiger charge is -2.24. The molecule has 1 fully saturated rings. The summed E-state index contributed by atoms with van der Waals surface area (Å²) in [5.74, 6) is 0.998. The Morgan fingerprint density at radius 3 is 3.08 bits per heavy atom. The number of ether oxygens (including phenoxy) is 1. The Labute approximate surface area is 77.3 Å². The van der Waals surface area contributed by atoms with Gasteiger partial charge in [0.15, 0.2) is 0 Å². The molecule has 72 valence electrons. The molecule has 2 unspecified atom stereocenters. The minimum atomic E-state index is -0.738. The van der Waals surface area contributed by atoms with Crippen LogP contribution in [-0.4, -0.2) is 23.9 Å². The van der Waals surface area contributed by atoms with E-state index in [2.05, 4.69) is 0 Å². The normalized spacial score (nSPS) is 33.8. The molecule has 1 saturated heterocycles. The average Bonchev–Trinajstić information content (AvgIpc) is 2.65. The van der Waals surface area contributed by atoms with Gasteiger partial charge in [0.25, 0.3) is 0 Å². The van der Waals surface area contributed by atoms with Crippen LogP contribution in [0.25, 0.3) is 0 Å². The van der Waals surface area contributed by atoms with Crippen LogP contribution in [0.3, 0.4) is 0 Å². The van der Waals surface area contributed by atoms with Gasteiger partial charge in [-0.2, -0.15) is 0 Å². The lowest BCUT2D eigenvalue weighted by molar-refractivity contribution is 0.00166. The SMILES string of the molecule is CC1COCC1(O)Cc1ccco1. The van der Waals surface area contributed by atoms with Gasteiger partial charge < -0.3 is 14.3 Å². The van der Waals surface area contributed by atoms with Gasteiger partial charge in [0.2, 0.25) is 0 Å². The van der Waals surface area contributed by atoms with E-state index in [0.29, 0.717) is 19.6 Å². The van der Waals surface area contributed by atoms with Crippen LogP contribution < -0.4 is 0 Å². The van der Waals surface area contributed by atoms with Crippen molar-refractivity contribution in [2.24, 2.45) is 5.92 Å². The zero-order valence-electron chi connectivity index (χ0n) is 7.69.